The minimum absolute atomic E-state index is 0.148. The molecule has 1 nitrogen and oxygen atoms in total. The third-order valence-electron chi connectivity index (χ3n) is 4.39. The highest BCUT2D eigenvalue weighted by Crippen LogP contribution is 2.41. The van der Waals surface area contributed by atoms with E-state index < -0.39 is 0 Å². The van der Waals surface area contributed by atoms with Crippen molar-refractivity contribution in [3.8, 4) is 11.3 Å². The van der Waals surface area contributed by atoms with E-state index in [0.717, 1.165) is 5.69 Å². The first kappa shape index (κ1) is 14.1. The van der Waals surface area contributed by atoms with Gasteiger partial charge in [-0.05, 0) is 46.7 Å². The molecule has 0 radical (unpaired) electrons. The summed E-state index contributed by atoms with van der Waals surface area (Å²) in [5.41, 5.74) is 8.03. The molecule has 1 aromatic heterocycles. The Hall–Kier alpha value is -1.89. The monoisotopic (exact) mass is 277 g/mol. The Balaban J connectivity index is 2.16. The van der Waals surface area contributed by atoms with Crippen molar-refractivity contribution in [1.29, 1.82) is 0 Å². The number of aromatic nitrogens is 1. The Morgan fingerprint density at radius 3 is 2.48 bits per heavy atom. The molecular formula is C20H23N. The van der Waals surface area contributed by atoms with Gasteiger partial charge in [0.1, 0.15) is 0 Å². The van der Waals surface area contributed by atoms with E-state index in [1.54, 1.807) is 0 Å². The molecule has 21 heavy (non-hydrogen) atoms. The van der Waals surface area contributed by atoms with Crippen molar-refractivity contribution >= 4 is 5.57 Å². The van der Waals surface area contributed by atoms with E-state index in [1.807, 2.05) is 6.20 Å². The zero-order valence-corrected chi connectivity index (χ0v) is 13.6. The van der Waals surface area contributed by atoms with Crippen molar-refractivity contribution in [2.24, 2.45) is 0 Å². The number of pyridine rings is 1. The summed E-state index contributed by atoms with van der Waals surface area (Å²) in [5.74, 6) is 0.469. The molecule has 1 heteroatoms. The molecule has 2 aromatic rings. The lowest BCUT2D eigenvalue weighted by Crippen LogP contribution is -2.11. The zero-order valence-electron chi connectivity index (χ0n) is 13.6. The van der Waals surface area contributed by atoms with E-state index in [-0.39, 0.29) is 5.41 Å². The molecule has 0 amide bonds. The lowest BCUT2D eigenvalue weighted by atomic mass is 9.86. The predicted octanol–water partition coefficient (Wildman–Crippen LogP) is 5.57. The van der Waals surface area contributed by atoms with Gasteiger partial charge in [0.25, 0.3) is 0 Å². The molecule has 1 aliphatic rings. The van der Waals surface area contributed by atoms with Gasteiger partial charge in [0.05, 0.1) is 5.69 Å². The van der Waals surface area contributed by atoms with Crippen LogP contribution in [-0.2, 0) is 5.41 Å². The van der Waals surface area contributed by atoms with Crippen molar-refractivity contribution in [2.45, 2.75) is 46.0 Å². The van der Waals surface area contributed by atoms with Gasteiger partial charge in [-0.3, -0.25) is 4.98 Å². The summed E-state index contributed by atoms with van der Waals surface area (Å²) in [4.78, 5) is 4.64. The second-order valence-corrected chi connectivity index (χ2v) is 7.08. The number of nitrogens with zero attached hydrogens (tertiary/aromatic N) is 1. The zero-order chi connectivity index (χ0) is 15.2. The molecule has 0 bridgehead atoms. The topological polar surface area (TPSA) is 12.9 Å². The molecule has 0 N–H and O–H groups in total. The fourth-order valence-corrected chi connectivity index (χ4v) is 3.22. The molecule has 0 fully saturated rings. The lowest BCUT2D eigenvalue weighted by Gasteiger charge is -2.20. The van der Waals surface area contributed by atoms with Crippen LogP contribution in [-0.4, -0.2) is 4.98 Å². The highest BCUT2D eigenvalue weighted by atomic mass is 14.7. The van der Waals surface area contributed by atoms with Gasteiger partial charge in [-0.25, -0.2) is 0 Å². The number of rotatable bonds is 1. The number of allylic oxidation sites excluding steroid dienone is 2. The summed E-state index contributed by atoms with van der Waals surface area (Å²) in [6.07, 6.45) is 4.29. The van der Waals surface area contributed by atoms with Gasteiger partial charge >= 0.3 is 0 Å². The van der Waals surface area contributed by atoms with Crippen molar-refractivity contribution in [2.75, 3.05) is 0 Å². The molecule has 108 valence electrons. The van der Waals surface area contributed by atoms with Gasteiger partial charge < -0.3 is 0 Å². The quantitative estimate of drug-likeness (QED) is 0.664. The highest BCUT2D eigenvalue weighted by Gasteiger charge is 2.22. The van der Waals surface area contributed by atoms with Crippen molar-refractivity contribution in [3.05, 3.63) is 59.3 Å². The maximum absolute atomic E-state index is 4.64. The molecule has 0 saturated heterocycles. The first-order valence-corrected chi connectivity index (χ1v) is 7.66. The average molecular weight is 277 g/mol. The largest absolute Gasteiger partial charge is 0.256 e. The van der Waals surface area contributed by atoms with E-state index in [2.05, 4.69) is 76.0 Å². The van der Waals surface area contributed by atoms with Crippen LogP contribution in [0.1, 0.15) is 57.2 Å². The molecule has 1 heterocycles. The molecule has 0 saturated carbocycles. The van der Waals surface area contributed by atoms with Crippen LogP contribution in [0.3, 0.4) is 0 Å². The molecule has 1 atom stereocenters. The second-order valence-electron chi connectivity index (χ2n) is 7.08. The number of hydrogen-bond donors (Lipinski definition) is 0. The first-order valence-electron chi connectivity index (χ1n) is 7.66. The Kier molecular flexibility index (Phi) is 3.24. The number of hydrogen-bond acceptors (Lipinski definition) is 1. The lowest BCUT2D eigenvalue weighted by molar-refractivity contribution is 0.589. The van der Waals surface area contributed by atoms with Crippen LogP contribution in [0, 0.1) is 0 Å². The summed E-state index contributed by atoms with van der Waals surface area (Å²) >= 11 is 0. The molecule has 0 aliphatic heterocycles. The van der Waals surface area contributed by atoms with Crippen LogP contribution in [0.4, 0.5) is 0 Å². The van der Waals surface area contributed by atoms with E-state index in [9.17, 15) is 0 Å². The standard InChI is InChI=1S/C20H23N/c1-13-11-14(2)19-16(13)7-6-8-17(19)18-12-15(9-10-21-18)20(3,4)5/h6-12,14H,1-5H3. The van der Waals surface area contributed by atoms with Crippen molar-refractivity contribution < 1.29 is 0 Å². The van der Waals surface area contributed by atoms with E-state index in [0.29, 0.717) is 5.92 Å². The van der Waals surface area contributed by atoms with Gasteiger partial charge in [0.15, 0.2) is 0 Å². The van der Waals surface area contributed by atoms with Gasteiger partial charge in [0.2, 0.25) is 0 Å². The van der Waals surface area contributed by atoms with Crippen LogP contribution in [0.5, 0.6) is 0 Å². The molecule has 3 rings (SSSR count). The van der Waals surface area contributed by atoms with E-state index in [4.69, 9.17) is 0 Å². The summed E-state index contributed by atoms with van der Waals surface area (Å²) in [6.45, 7) is 11.2. The number of fused-ring (bicyclic) bond motifs is 1. The van der Waals surface area contributed by atoms with Crippen LogP contribution in [0.15, 0.2) is 42.6 Å². The Morgan fingerprint density at radius 2 is 1.76 bits per heavy atom. The van der Waals surface area contributed by atoms with Gasteiger partial charge in [0, 0.05) is 17.7 Å². The van der Waals surface area contributed by atoms with Gasteiger partial charge in [-0.2, -0.15) is 0 Å². The average Bonchev–Trinajstić information content (AvgIpc) is 2.73. The normalized spacial score (nSPS) is 17.6. The summed E-state index contributed by atoms with van der Waals surface area (Å²) in [5, 5.41) is 0. The summed E-state index contributed by atoms with van der Waals surface area (Å²) in [6, 6.07) is 10.9. The smallest absolute Gasteiger partial charge is 0.0708 e. The van der Waals surface area contributed by atoms with Gasteiger partial charge in [-0.1, -0.05) is 52.0 Å². The van der Waals surface area contributed by atoms with Crippen LogP contribution < -0.4 is 0 Å². The molecule has 0 spiro atoms. The van der Waals surface area contributed by atoms with Crippen LogP contribution in [0.2, 0.25) is 0 Å². The second kappa shape index (κ2) is 4.84. The predicted molar refractivity (Wildman–Crippen MR) is 90.4 cm³/mol. The third kappa shape index (κ3) is 2.42. The fourth-order valence-electron chi connectivity index (χ4n) is 3.22. The van der Waals surface area contributed by atoms with E-state index >= 15 is 0 Å². The summed E-state index contributed by atoms with van der Waals surface area (Å²) in [7, 11) is 0. The maximum atomic E-state index is 4.64. The minimum Gasteiger partial charge on any atom is -0.256 e. The first-order chi connectivity index (χ1) is 9.88. The molecule has 1 aromatic carbocycles. The summed E-state index contributed by atoms with van der Waals surface area (Å²) < 4.78 is 0. The maximum Gasteiger partial charge on any atom is 0.0708 e. The van der Waals surface area contributed by atoms with Crippen LogP contribution in [0.25, 0.3) is 16.8 Å². The minimum atomic E-state index is 0.148. The number of benzene rings is 1. The van der Waals surface area contributed by atoms with Gasteiger partial charge in [-0.15, -0.1) is 0 Å². The SMILES string of the molecule is CC1=CC(C)c2c1cccc2-c1cc(C(C)(C)C)ccn1. The van der Waals surface area contributed by atoms with E-state index in [1.165, 1.54) is 27.8 Å². The highest BCUT2D eigenvalue weighted by molar-refractivity contribution is 5.81. The van der Waals surface area contributed by atoms with Crippen LogP contribution >= 0.6 is 0 Å². The molecule has 1 aliphatic carbocycles. The van der Waals surface area contributed by atoms with Crippen molar-refractivity contribution in [1.82, 2.24) is 4.98 Å². The fraction of sp³-hybridized carbons (Fsp3) is 0.350. The Labute approximate surface area is 127 Å². The third-order valence-corrected chi connectivity index (χ3v) is 4.39. The Morgan fingerprint density at radius 1 is 1.05 bits per heavy atom. The molecule has 1 unspecified atom stereocenters. The Bertz CT molecular complexity index is 717. The van der Waals surface area contributed by atoms with Crippen molar-refractivity contribution in [3.63, 3.8) is 0 Å². The molecular weight excluding hydrogens is 254 g/mol.